The average Bonchev–Trinajstić information content (AvgIpc) is 1.36. The van der Waals surface area contributed by atoms with Crippen molar-refractivity contribution in [2.45, 2.75) is 4.84 Å². The van der Waals surface area contributed by atoms with E-state index < -0.39 is 4.84 Å². The van der Waals surface area contributed by atoms with E-state index in [4.69, 9.17) is 23.2 Å². The van der Waals surface area contributed by atoms with E-state index in [1.54, 1.807) is 0 Å². The van der Waals surface area contributed by atoms with Crippen LogP contribution >= 0.6 is 48.0 Å². The molecule has 6 heavy (non-hydrogen) atoms. The Bertz CT molecular complexity index is 60.6. The third-order valence-electron chi connectivity index (χ3n) is 0.187. The number of thiocarbonyl (C=S) groups is 1. The molecule has 0 heterocycles. The molecule has 0 unspecified atom stereocenters. The molecular formula is C2H2Cl2S2. The summed E-state index contributed by atoms with van der Waals surface area (Å²) in [5.74, 6) is 0. The molecule has 0 radical (unpaired) electrons. The van der Waals surface area contributed by atoms with Crippen LogP contribution in [0.2, 0.25) is 0 Å². The number of halogens is 2. The fourth-order valence-corrected chi connectivity index (χ4v) is 0. The lowest BCUT2D eigenvalue weighted by Crippen LogP contribution is -1.92. The molecular weight excluding hydrogens is 159 g/mol. The van der Waals surface area contributed by atoms with Gasteiger partial charge in [-0.3, -0.25) is 0 Å². The first kappa shape index (κ1) is 7.02. The lowest BCUT2D eigenvalue weighted by Gasteiger charge is -1.88. The lowest BCUT2D eigenvalue weighted by atomic mass is 10.9. The van der Waals surface area contributed by atoms with Gasteiger partial charge < -0.3 is 0 Å². The smallest absolute Gasteiger partial charge is 0.134 e. The van der Waals surface area contributed by atoms with Crippen molar-refractivity contribution in [2.24, 2.45) is 0 Å². The first-order valence-electron chi connectivity index (χ1n) is 1.15. The standard InChI is InChI=1S/C2H2Cl2S2/c3-1(4)2(5)6/h1H,(H,5,6). The summed E-state index contributed by atoms with van der Waals surface area (Å²) in [6.07, 6.45) is 0. The van der Waals surface area contributed by atoms with Gasteiger partial charge in [0.2, 0.25) is 0 Å². The molecule has 0 amide bonds. The molecule has 0 aliphatic rings. The summed E-state index contributed by atoms with van der Waals surface area (Å²) in [6.45, 7) is 0. The van der Waals surface area contributed by atoms with E-state index >= 15 is 0 Å². The first-order chi connectivity index (χ1) is 2.64. The average molecular weight is 161 g/mol. The molecule has 0 aromatic carbocycles. The topological polar surface area (TPSA) is 0 Å². The Morgan fingerprint density at radius 1 is 1.67 bits per heavy atom. The van der Waals surface area contributed by atoms with Crippen molar-refractivity contribution in [2.75, 3.05) is 0 Å². The third kappa shape index (κ3) is 3.22. The van der Waals surface area contributed by atoms with E-state index in [1.165, 1.54) is 0 Å². The van der Waals surface area contributed by atoms with E-state index in [-0.39, 0.29) is 0 Å². The third-order valence-corrected chi connectivity index (χ3v) is 1.68. The van der Waals surface area contributed by atoms with Gasteiger partial charge >= 0.3 is 0 Å². The Hall–Kier alpha value is 1.02. The van der Waals surface area contributed by atoms with Crippen LogP contribution in [-0.4, -0.2) is 9.03 Å². The maximum absolute atomic E-state index is 5.16. The molecule has 0 N–H and O–H groups in total. The summed E-state index contributed by atoms with van der Waals surface area (Å²) in [7, 11) is 0. The molecule has 0 atom stereocenters. The minimum absolute atomic E-state index is 0.318. The molecule has 0 saturated heterocycles. The van der Waals surface area contributed by atoms with Crippen LogP contribution in [0.5, 0.6) is 0 Å². The second kappa shape index (κ2) is 3.08. The molecule has 0 rings (SSSR count). The highest BCUT2D eigenvalue weighted by Crippen LogP contribution is 2.06. The Labute approximate surface area is 57.2 Å². The van der Waals surface area contributed by atoms with Crippen molar-refractivity contribution in [3.8, 4) is 0 Å². The molecule has 4 heteroatoms. The van der Waals surface area contributed by atoms with Crippen molar-refractivity contribution in [3.05, 3.63) is 0 Å². The number of alkyl halides is 2. The predicted octanol–water partition coefficient (Wildman–Crippen LogP) is 2.05. The zero-order valence-electron chi connectivity index (χ0n) is 2.69. The first-order valence-corrected chi connectivity index (χ1v) is 2.88. The van der Waals surface area contributed by atoms with E-state index in [9.17, 15) is 0 Å². The van der Waals surface area contributed by atoms with Crippen LogP contribution in [0.3, 0.4) is 0 Å². The van der Waals surface area contributed by atoms with Crippen molar-refractivity contribution in [1.82, 2.24) is 0 Å². The number of hydrogen-bond donors (Lipinski definition) is 1. The van der Waals surface area contributed by atoms with Crippen LogP contribution in [0.25, 0.3) is 0 Å². The Morgan fingerprint density at radius 2 is 1.83 bits per heavy atom. The Balaban J connectivity index is 3.26. The fraction of sp³-hybridized carbons (Fsp3) is 0.500. The van der Waals surface area contributed by atoms with Gasteiger partial charge in [-0.05, 0) is 0 Å². The summed E-state index contributed by atoms with van der Waals surface area (Å²) in [6, 6.07) is 0. The fourth-order valence-electron chi connectivity index (χ4n) is 0. The van der Waals surface area contributed by atoms with Gasteiger partial charge in [-0.2, -0.15) is 0 Å². The second-order valence-electron chi connectivity index (χ2n) is 0.639. The molecule has 0 nitrogen and oxygen atoms in total. The lowest BCUT2D eigenvalue weighted by molar-refractivity contribution is 1.88. The van der Waals surface area contributed by atoms with Gasteiger partial charge in [-0.25, -0.2) is 0 Å². The van der Waals surface area contributed by atoms with Gasteiger partial charge in [0.05, 0.1) is 4.20 Å². The molecule has 0 aliphatic heterocycles. The van der Waals surface area contributed by atoms with E-state index in [1.807, 2.05) is 0 Å². The summed E-state index contributed by atoms with van der Waals surface area (Å²) in [4.78, 5) is -0.608. The van der Waals surface area contributed by atoms with Crippen LogP contribution in [-0.2, 0) is 0 Å². The highest BCUT2D eigenvalue weighted by molar-refractivity contribution is 8.11. The highest BCUT2D eigenvalue weighted by Gasteiger charge is 1.97. The van der Waals surface area contributed by atoms with E-state index in [0.717, 1.165) is 0 Å². The number of thiol groups is 1. The van der Waals surface area contributed by atoms with Crippen molar-refractivity contribution < 1.29 is 0 Å². The van der Waals surface area contributed by atoms with Gasteiger partial charge in [0.1, 0.15) is 4.84 Å². The van der Waals surface area contributed by atoms with Gasteiger partial charge in [-0.15, -0.1) is 12.6 Å². The van der Waals surface area contributed by atoms with Gasteiger partial charge in [0, 0.05) is 0 Å². The van der Waals surface area contributed by atoms with Gasteiger partial charge in [0.15, 0.2) is 0 Å². The van der Waals surface area contributed by atoms with Crippen molar-refractivity contribution in [3.63, 3.8) is 0 Å². The van der Waals surface area contributed by atoms with Crippen LogP contribution in [0.15, 0.2) is 0 Å². The molecule has 0 aromatic rings. The maximum atomic E-state index is 5.16. The molecule has 0 fully saturated rings. The van der Waals surface area contributed by atoms with Crippen molar-refractivity contribution in [1.29, 1.82) is 0 Å². The highest BCUT2D eigenvalue weighted by atomic mass is 35.5. The second-order valence-corrected chi connectivity index (χ2v) is 2.96. The van der Waals surface area contributed by atoms with Gasteiger partial charge in [0.25, 0.3) is 0 Å². The normalized spacial score (nSPS) is 9.33. The number of rotatable bonds is 1. The van der Waals surface area contributed by atoms with E-state index in [2.05, 4.69) is 24.8 Å². The number of hydrogen-bond acceptors (Lipinski definition) is 1. The minimum Gasteiger partial charge on any atom is -0.134 e. The summed E-state index contributed by atoms with van der Waals surface area (Å²) < 4.78 is 0.318. The molecule has 0 aromatic heterocycles. The SMILES string of the molecule is S=C(S)C(Cl)Cl. The monoisotopic (exact) mass is 160 g/mol. The largest absolute Gasteiger partial charge is 0.148 e. The van der Waals surface area contributed by atoms with Crippen molar-refractivity contribution >= 4 is 52.2 Å². The van der Waals surface area contributed by atoms with Crippen LogP contribution < -0.4 is 0 Å². The molecule has 0 saturated carbocycles. The Kier molecular flexibility index (Phi) is 3.60. The molecule has 0 spiro atoms. The summed E-state index contributed by atoms with van der Waals surface area (Å²) in [5, 5.41) is 0. The van der Waals surface area contributed by atoms with Crippen LogP contribution in [0, 0.1) is 0 Å². The molecule has 0 aliphatic carbocycles. The minimum atomic E-state index is -0.608. The van der Waals surface area contributed by atoms with Crippen LogP contribution in [0.4, 0.5) is 0 Å². The quantitative estimate of drug-likeness (QED) is 0.349. The summed E-state index contributed by atoms with van der Waals surface area (Å²) in [5.41, 5.74) is 0. The zero-order chi connectivity index (χ0) is 5.15. The Morgan fingerprint density at radius 3 is 1.83 bits per heavy atom. The summed E-state index contributed by atoms with van der Waals surface area (Å²) >= 11 is 18.4. The van der Waals surface area contributed by atoms with Gasteiger partial charge in [-0.1, -0.05) is 35.4 Å². The molecule has 0 bridgehead atoms. The predicted molar refractivity (Wildman–Crippen MR) is 37.1 cm³/mol. The maximum Gasteiger partial charge on any atom is 0.148 e. The van der Waals surface area contributed by atoms with Crippen LogP contribution in [0.1, 0.15) is 0 Å². The zero-order valence-corrected chi connectivity index (χ0v) is 5.91. The van der Waals surface area contributed by atoms with E-state index in [0.29, 0.717) is 4.20 Å². The molecule has 36 valence electrons.